The second-order valence-corrected chi connectivity index (χ2v) is 3.72. The Kier molecular flexibility index (Phi) is 3.84. The predicted molar refractivity (Wildman–Crippen MR) is 62.4 cm³/mol. The van der Waals surface area contributed by atoms with Crippen LogP contribution in [0, 0.1) is 11.2 Å². The number of amidine groups is 1. The molecule has 0 aliphatic carbocycles. The van der Waals surface area contributed by atoms with E-state index in [4.69, 9.17) is 16.2 Å². The highest BCUT2D eigenvalue weighted by Gasteiger charge is 2.14. The van der Waals surface area contributed by atoms with Crippen LogP contribution in [0.2, 0.25) is 0 Å². The summed E-state index contributed by atoms with van der Waals surface area (Å²) in [6, 6.07) is 3.96. The molecule has 0 amide bonds. The van der Waals surface area contributed by atoms with Gasteiger partial charge in [-0.3, -0.25) is 5.41 Å². The molecule has 1 aromatic carbocycles. The number of nitrogens with one attached hydrogen (secondary N) is 1. The van der Waals surface area contributed by atoms with Crippen LogP contribution in [0.4, 0.5) is 10.1 Å². The first kappa shape index (κ1) is 12.4. The third-order valence-electron chi connectivity index (χ3n) is 2.55. The van der Waals surface area contributed by atoms with Crippen LogP contribution < -0.4 is 10.6 Å². The Morgan fingerprint density at radius 3 is 2.75 bits per heavy atom. The van der Waals surface area contributed by atoms with Crippen LogP contribution in [0.3, 0.4) is 0 Å². The Bertz CT molecular complexity index is 395. The van der Waals surface area contributed by atoms with E-state index in [9.17, 15) is 4.39 Å². The van der Waals surface area contributed by atoms with Crippen molar-refractivity contribution in [3.05, 3.63) is 29.6 Å². The summed E-state index contributed by atoms with van der Waals surface area (Å²) < 4.78 is 13.0. The van der Waals surface area contributed by atoms with Crippen LogP contribution in [0.15, 0.2) is 18.2 Å². The summed E-state index contributed by atoms with van der Waals surface area (Å²) in [5, 5.41) is 16.4. The quantitative estimate of drug-likeness (QED) is 0.527. The number of rotatable bonds is 4. The largest absolute Gasteiger partial charge is 0.394 e. The van der Waals surface area contributed by atoms with E-state index in [1.165, 1.54) is 12.1 Å². The molecule has 4 nitrogen and oxygen atoms in total. The maximum Gasteiger partial charge on any atom is 0.125 e. The highest BCUT2D eigenvalue weighted by molar-refractivity contribution is 6.00. The number of hydrogen-bond donors (Lipinski definition) is 3. The fraction of sp³-hybridized carbons (Fsp3) is 0.364. The number of benzene rings is 1. The molecule has 16 heavy (non-hydrogen) atoms. The van der Waals surface area contributed by atoms with Crippen LogP contribution in [0.1, 0.15) is 12.5 Å². The zero-order valence-corrected chi connectivity index (χ0v) is 9.37. The molecule has 0 aromatic heterocycles. The third-order valence-corrected chi connectivity index (χ3v) is 2.55. The summed E-state index contributed by atoms with van der Waals surface area (Å²) in [7, 11) is 1.76. The first-order chi connectivity index (χ1) is 7.47. The third kappa shape index (κ3) is 2.49. The number of halogens is 1. The van der Waals surface area contributed by atoms with Crippen LogP contribution in [-0.4, -0.2) is 30.6 Å². The Morgan fingerprint density at radius 1 is 1.62 bits per heavy atom. The summed E-state index contributed by atoms with van der Waals surface area (Å²) >= 11 is 0. The number of aliphatic hydroxyl groups is 1. The molecule has 88 valence electrons. The average Bonchev–Trinajstić information content (AvgIpc) is 2.26. The monoisotopic (exact) mass is 225 g/mol. The molecule has 0 radical (unpaired) electrons. The predicted octanol–water partition coefficient (Wildman–Crippen LogP) is 0.927. The van der Waals surface area contributed by atoms with Crippen molar-refractivity contribution >= 4 is 11.5 Å². The van der Waals surface area contributed by atoms with Gasteiger partial charge in [0.05, 0.1) is 6.61 Å². The van der Waals surface area contributed by atoms with Gasteiger partial charge in [0.15, 0.2) is 0 Å². The second kappa shape index (κ2) is 4.94. The number of nitrogens with zero attached hydrogens (tertiary/aromatic N) is 1. The van der Waals surface area contributed by atoms with Crippen LogP contribution in [0.5, 0.6) is 0 Å². The normalized spacial score (nSPS) is 12.2. The van der Waals surface area contributed by atoms with E-state index in [1.807, 2.05) is 6.92 Å². The molecule has 0 spiro atoms. The van der Waals surface area contributed by atoms with Crippen LogP contribution in [-0.2, 0) is 0 Å². The van der Waals surface area contributed by atoms with Crippen molar-refractivity contribution in [1.29, 1.82) is 5.41 Å². The molecule has 1 aromatic rings. The fourth-order valence-corrected chi connectivity index (χ4v) is 1.39. The molecule has 5 heteroatoms. The number of anilines is 1. The minimum absolute atomic E-state index is 0.0226. The van der Waals surface area contributed by atoms with Gasteiger partial charge in [-0.05, 0) is 25.1 Å². The summed E-state index contributed by atoms with van der Waals surface area (Å²) in [6.45, 7) is 1.80. The fourth-order valence-electron chi connectivity index (χ4n) is 1.39. The smallest absolute Gasteiger partial charge is 0.125 e. The highest BCUT2D eigenvalue weighted by Crippen LogP contribution is 2.21. The molecule has 0 bridgehead atoms. The zero-order valence-electron chi connectivity index (χ0n) is 9.37. The molecule has 0 heterocycles. The lowest BCUT2D eigenvalue weighted by atomic mass is 10.1. The molecule has 1 rings (SSSR count). The van der Waals surface area contributed by atoms with Gasteiger partial charge in [0.2, 0.25) is 0 Å². The lowest BCUT2D eigenvalue weighted by Crippen LogP contribution is -2.33. The molecule has 4 N–H and O–H groups in total. The van der Waals surface area contributed by atoms with Crippen LogP contribution >= 0.6 is 0 Å². The first-order valence-electron chi connectivity index (χ1n) is 4.95. The van der Waals surface area contributed by atoms with E-state index < -0.39 is 5.82 Å². The molecule has 0 saturated heterocycles. The summed E-state index contributed by atoms with van der Waals surface area (Å²) in [5.41, 5.74) is 6.36. The van der Waals surface area contributed by atoms with E-state index in [-0.39, 0.29) is 18.5 Å². The Balaban J connectivity index is 3.17. The highest BCUT2D eigenvalue weighted by atomic mass is 19.1. The van der Waals surface area contributed by atoms with Crippen molar-refractivity contribution < 1.29 is 9.50 Å². The van der Waals surface area contributed by atoms with Gasteiger partial charge >= 0.3 is 0 Å². The summed E-state index contributed by atoms with van der Waals surface area (Å²) in [5.74, 6) is -0.620. The molecule has 0 aliphatic rings. The van der Waals surface area contributed by atoms with Crippen LogP contribution in [0.25, 0.3) is 0 Å². The Labute approximate surface area is 94.0 Å². The molecule has 1 unspecified atom stereocenters. The minimum atomic E-state index is -0.431. The van der Waals surface area contributed by atoms with Gasteiger partial charge in [-0.1, -0.05) is 0 Å². The molecular formula is C11H16FN3O. The topological polar surface area (TPSA) is 73.3 Å². The molecule has 1 atom stereocenters. The van der Waals surface area contributed by atoms with E-state index in [0.29, 0.717) is 11.3 Å². The van der Waals surface area contributed by atoms with Gasteiger partial charge in [-0.25, -0.2) is 4.39 Å². The molecule has 0 fully saturated rings. The molecule has 0 saturated carbocycles. The molecule has 0 aliphatic heterocycles. The summed E-state index contributed by atoms with van der Waals surface area (Å²) in [4.78, 5) is 1.76. The maximum atomic E-state index is 13.0. The van der Waals surface area contributed by atoms with Gasteiger partial charge in [0, 0.05) is 24.3 Å². The Morgan fingerprint density at radius 2 is 2.25 bits per heavy atom. The number of nitrogens with two attached hydrogens (primary N) is 1. The van der Waals surface area contributed by atoms with Crippen molar-refractivity contribution in [2.75, 3.05) is 18.6 Å². The van der Waals surface area contributed by atoms with Crippen molar-refractivity contribution in [3.63, 3.8) is 0 Å². The van der Waals surface area contributed by atoms with E-state index >= 15 is 0 Å². The van der Waals surface area contributed by atoms with Crippen molar-refractivity contribution in [3.8, 4) is 0 Å². The minimum Gasteiger partial charge on any atom is -0.394 e. The van der Waals surface area contributed by atoms with E-state index in [1.54, 1.807) is 18.0 Å². The first-order valence-corrected chi connectivity index (χ1v) is 4.95. The Hall–Kier alpha value is -1.62. The average molecular weight is 225 g/mol. The van der Waals surface area contributed by atoms with E-state index in [0.717, 1.165) is 0 Å². The number of likely N-dealkylation sites (N-methyl/N-ethyl adjacent to an activating group) is 1. The van der Waals surface area contributed by atoms with Gasteiger partial charge in [0.1, 0.15) is 11.7 Å². The van der Waals surface area contributed by atoms with Gasteiger partial charge in [-0.15, -0.1) is 0 Å². The number of nitrogen functional groups attached to an aromatic ring is 1. The number of hydrogen-bond acceptors (Lipinski definition) is 3. The SMILES string of the molecule is CC(CO)N(C)c1ccc(F)cc1C(=N)N. The number of aliphatic hydroxyl groups excluding tert-OH is 1. The van der Waals surface area contributed by atoms with Crippen molar-refractivity contribution in [2.24, 2.45) is 5.73 Å². The lowest BCUT2D eigenvalue weighted by Gasteiger charge is -2.27. The van der Waals surface area contributed by atoms with Gasteiger partial charge in [0.25, 0.3) is 0 Å². The van der Waals surface area contributed by atoms with E-state index in [2.05, 4.69) is 0 Å². The van der Waals surface area contributed by atoms with Crippen molar-refractivity contribution in [1.82, 2.24) is 0 Å². The van der Waals surface area contributed by atoms with Crippen molar-refractivity contribution in [2.45, 2.75) is 13.0 Å². The summed E-state index contributed by atoms with van der Waals surface area (Å²) in [6.07, 6.45) is 0. The zero-order chi connectivity index (χ0) is 12.3. The van der Waals surface area contributed by atoms with Gasteiger partial charge < -0.3 is 15.7 Å². The van der Waals surface area contributed by atoms with Gasteiger partial charge in [-0.2, -0.15) is 0 Å². The second-order valence-electron chi connectivity index (χ2n) is 3.72. The molecular weight excluding hydrogens is 209 g/mol. The lowest BCUT2D eigenvalue weighted by molar-refractivity contribution is 0.270. The standard InChI is InChI=1S/C11H16FN3O/c1-7(6-16)15(2)10-4-3-8(12)5-9(10)11(13)14/h3-5,7,16H,6H2,1-2H3,(H3,13,14). The maximum absolute atomic E-state index is 13.0.